The second kappa shape index (κ2) is 9.70. The third kappa shape index (κ3) is 4.41. The van der Waals surface area contributed by atoms with E-state index in [4.69, 9.17) is 0 Å². The van der Waals surface area contributed by atoms with E-state index in [2.05, 4.69) is 50.7 Å². The highest BCUT2D eigenvalue weighted by Gasteiger charge is 2.38. The lowest BCUT2D eigenvalue weighted by Crippen LogP contribution is -2.37. The van der Waals surface area contributed by atoms with E-state index < -0.39 is 15.6 Å². The van der Waals surface area contributed by atoms with Crippen LogP contribution in [0.1, 0.15) is 22.4 Å². The molecule has 6 heteroatoms. The normalized spacial score (nSPS) is 11.9. The summed E-state index contributed by atoms with van der Waals surface area (Å²) < 4.78 is 30.2. The number of hydrogen-bond donors (Lipinski definition) is 1. The van der Waals surface area contributed by atoms with Crippen LogP contribution in [0.4, 0.5) is 0 Å². The van der Waals surface area contributed by atoms with Gasteiger partial charge in [0.2, 0.25) is 10.0 Å². The maximum Gasteiger partial charge on any atom is 0.240 e. The molecule has 5 aromatic rings. The fourth-order valence-electron chi connectivity index (χ4n) is 4.48. The second-order valence-corrected chi connectivity index (χ2v) is 9.99. The number of nitrogens with one attached hydrogen (secondary N) is 1. The molecule has 0 bridgehead atoms. The Balaban J connectivity index is 1.60. The Kier molecular flexibility index (Phi) is 6.31. The van der Waals surface area contributed by atoms with Crippen molar-refractivity contribution in [3.05, 3.63) is 156 Å². The number of benzene rings is 4. The molecule has 174 valence electrons. The van der Waals surface area contributed by atoms with Gasteiger partial charge in [0, 0.05) is 6.20 Å². The maximum atomic E-state index is 12.7. The molecule has 0 amide bonds. The number of aromatic nitrogens is 2. The predicted octanol–water partition coefficient (Wildman–Crippen LogP) is 5.20. The van der Waals surface area contributed by atoms with Crippen LogP contribution in [0.25, 0.3) is 0 Å². The summed E-state index contributed by atoms with van der Waals surface area (Å²) in [7, 11) is -3.64. The van der Waals surface area contributed by atoms with E-state index in [1.807, 2.05) is 60.8 Å². The van der Waals surface area contributed by atoms with Crippen molar-refractivity contribution in [2.45, 2.75) is 17.0 Å². The zero-order valence-corrected chi connectivity index (χ0v) is 19.8. The van der Waals surface area contributed by atoms with Gasteiger partial charge in [0.25, 0.3) is 0 Å². The van der Waals surface area contributed by atoms with Gasteiger partial charge in [0.15, 0.2) is 0 Å². The number of sulfonamides is 1. The minimum atomic E-state index is -3.64. The molecular weight excluding hydrogens is 454 g/mol. The molecule has 5 nitrogen and oxygen atoms in total. The van der Waals surface area contributed by atoms with Crippen molar-refractivity contribution in [1.29, 1.82) is 0 Å². The third-order valence-electron chi connectivity index (χ3n) is 6.09. The predicted molar refractivity (Wildman–Crippen MR) is 137 cm³/mol. The van der Waals surface area contributed by atoms with E-state index >= 15 is 0 Å². The van der Waals surface area contributed by atoms with Crippen LogP contribution in [0.15, 0.2) is 139 Å². The molecule has 0 saturated heterocycles. The average molecular weight is 480 g/mol. The van der Waals surface area contributed by atoms with Crippen LogP contribution in [0.5, 0.6) is 0 Å². The minimum Gasteiger partial charge on any atom is -0.319 e. The van der Waals surface area contributed by atoms with E-state index in [0.29, 0.717) is 5.69 Å². The van der Waals surface area contributed by atoms with Gasteiger partial charge in [0.05, 0.1) is 23.5 Å². The van der Waals surface area contributed by atoms with Gasteiger partial charge in [-0.15, -0.1) is 0 Å². The third-order valence-corrected chi connectivity index (χ3v) is 7.51. The standard InChI is InChI=1S/C29H25N3O2S/c33-35(34,28-19-11-4-12-20-28)31-21-27-22-32(23-30-27)29(24-13-5-1-6-14-24,25-15-7-2-8-16-25)26-17-9-3-10-18-26/h1-20,22-23,31H,21H2. The highest BCUT2D eigenvalue weighted by atomic mass is 32.2. The van der Waals surface area contributed by atoms with E-state index in [-0.39, 0.29) is 11.4 Å². The van der Waals surface area contributed by atoms with Gasteiger partial charge in [-0.2, -0.15) is 0 Å². The van der Waals surface area contributed by atoms with Gasteiger partial charge in [-0.3, -0.25) is 0 Å². The van der Waals surface area contributed by atoms with Crippen molar-refractivity contribution < 1.29 is 8.42 Å². The van der Waals surface area contributed by atoms with Crippen LogP contribution in [0.3, 0.4) is 0 Å². The quantitative estimate of drug-likeness (QED) is 0.311. The molecule has 1 heterocycles. The Morgan fingerprint density at radius 2 is 1.09 bits per heavy atom. The first kappa shape index (κ1) is 22.8. The summed E-state index contributed by atoms with van der Waals surface area (Å²) in [5.74, 6) is 0. The van der Waals surface area contributed by atoms with E-state index in [1.165, 1.54) is 0 Å². The van der Waals surface area contributed by atoms with Crippen molar-refractivity contribution in [3.63, 3.8) is 0 Å². The second-order valence-electron chi connectivity index (χ2n) is 8.22. The molecule has 0 atom stereocenters. The lowest BCUT2D eigenvalue weighted by atomic mass is 9.77. The Hall–Kier alpha value is -4.00. The highest BCUT2D eigenvalue weighted by molar-refractivity contribution is 7.89. The Morgan fingerprint density at radius 1 is 0.657 bits per heavy atom. The minimum absolute atomic E-state index is 0.0820. The molecule has 1 N–H and O–H groups in total. The fourth-order valence-corrected chi connectivity index (χ4v) is 5.50. The first-order chi connectivity index (χ1) is 17.1. The van der Waals surface area contributed by atoms with Crippen molar-refractivity contribution in [2.75, 3.05) is 0 Å². The summed E-state index contributed by atoms with van der Waals surface area (Å²) >= 11 is 0. The molecule has 35 heavy (non-hydrogen) atoms. The van der Waals surface area contributed by atoms with Crippen molar-refractivity contribution >= 4 is 10.0 Å². The van der Waals surface area contributed by atoms with Gasteiger partial charge in [-0.05, 0) is 28.8 Å². The SMILES string of the molecule is O=S(=O)(NCc1cn(C(c2ccccc2)(c2ccccc2)c2ccccc2)cn1)c1ccccc1. The van der Waals surface area contributed by atoms with Crippen LogP contribution in [0.2, 0.25) is 0 Å². The van der Waals surface area contributed by atoms with Crippen LogP contribution in [-0.2, 0) is 22.1 Å². The lowest BCUT2D eigenvalue weighted by Gasteiger charge is -2.37. The van der Waals surface area contributed by atoms with E-state index in [1.54, 1.807) is 36.7 Å². The van der Waals surface area contributed by atoms with Gasteiger partial charge in [0.1, 0.15) is 5.54 Å². The summed E-state index contributed by atoms with van der Waals surface area (Å²) in [6.45, 7) is 0.0820. The van der Waals surface area contributed by atoms with E-state index in [0.717, 1.165) is 16.7 Å². The first-order valence-electron chi connectivity index (χ1n) is 11.4. The number of hydrogen-bond acceptors (Lipinski definition) is 3. The Morgan fingerprint density at radius 3 is 1.54 bits per heavy atom. The van der Waals surface area contributed by atoms with Crippen LogP contribution in [-0.4, -0.2) is 18.0 Å². The number of imidazole rings is 1. The maximum absolute atomic E-state index is 12.7. The highest BCUT2D eigenvalue weighted by Crippen LogP contribution is 2.40. The van der Waals surface area contributed by atoms with E-state index in [9.17, 15) is 8.42 Å². The molecule has 0 unspecified atom stereocenters. The molecule has 0 fully saturated rings. The van der Waals surface area contributed by atoms with Gasteiger partial charge in [-0.25, -0.2) is 18.1 Å². The van der Waals surface area contributed by atoms with Crippen LogP contribution in [0, 0.1) is 0 Å². The molecule has 0 radical (unpaired) electrons. The molecule has 0 saturated carbocycles. The number of rotatable bonds is 8. The zero-order chi connectivity index (χ0) is 24.1. The lowest BCUT2D eigenvalue weighted by molar-refractivity contribution is 0.514. The molecule has 0 aliphatic heterocycles. The number of nitrogens with zero attached hydrogens (tertiary/aromatic N) is 2. The molecular formula is C29H25N3O2S. The molecule has 5 rings (SSSR count). The molecule has 1 aromatic heterocycles. The summed E-state index contributed by atoms with van der Waals surface area (Å²) in [6.07, 6.45) is 3.69. The van der Waals surface area contributed by atoms with Gasteiger partial charge in [-0.1, -0.05) is 109 Å². The topological polar surface area (TPSA) is 64.0 Å². The molecule has 0 aliphatic carbocycles. The summed E-state index contributed by atoms with van der Waals surface area (Å²) in [4.78, 5) is 4.82. The first-order valence-corrected chi connectivity index (χ1v) is 12.8. The largest absolute Gasteiger partial charge is 0.319 e. The molecule has 4 aromatic carbocycles. The van der Waals surface area contributed by atoms with Crippen LogP contribution < -0.4 is 4.72 Å². The van der Waals surface area contributed by atoms with Gasteiger partial charge >= 0.3 is 0 Å². The monoisotopic (exact) mass is 479 g/mol. The molecule has 0 spiro atoms. The average Bonchev–Trinajstić information content (AvgIpc) is 3.40. The zero-order valence-electron chi connectivity index (χ0n) is 19.0. The summed E-state index contributed by atoms with van der Waals surface area (Å²) in [5, 5.41) is 0. The fraction of sp³-hybridized carbons (Fsp3) is 0.0690. The van der Waals surface area contributed by atoms with Crippen molar-refractivity contribution in [2.24, 2.45) is 0 Å². The Bertz CT molecular complexity index is 1390. The van der Waals surface area contributed by atoms with Crippen molar-refractivity contribution in [1.82, 2.24) is 14.3 Å². The summed E-state index contributed by atoms with van der Waals surface area (Å²) in [5.41, 5.74) is 3.16. The van der Waals surface area contributed by atoms with Gasteiger partial charge < -0.3 is 4.57 Å². The summed E-state index contributed by atoms with van der Waals surface area (Å²) in [6, 6.07) is 39.2. The van der Waals surface area contributed by atoms with Crippen LogP contribution >= 0.6 is 0 Å². The Labute approximate surface area is 205 Å². The van der Waals surface area contributed by atoms with Crippen molar-refractivity contribution in [3.8, 4) is 0 Å². The smallest absolute Gasteiger partial charge is 0.240 e. The molecule has 0 aliphatic rings.